The Morgan fingerprint density at radius 3 is 2.81 bits per heavy atom. The van der Waals surface area contributed by atoms with E-state index in [4.69, 9.17) is 4.74 Å². The van der Waals surface area contributed by atoms with E-state index in [1.54, 1.807) is 6.20 Å². The number of hydrogen-bond acceptors (Lipinski definition) is 3. The monoisotopic (exact) mass is 224 g/mol. The fraction of sp³-hybridized carbons (Fsp3) is 0.667. The predicted molar refractivity (Wildman–Crippen MR) is 62.6 cm³/mol. The van der Waals surface area contributed by atoms with E-state index in [2.05, 4.69) is 4.98 Å². The van der Waals surface area contributed by atoms with Gasteiger partial charge in [-0.2, -0.15) is 0 Å². The number of nitrogens with zero attached hydrogens (tertiary/aromatic N) is 2. The minimum atomic E-state index is -0.345. The normalized spacial score (nSPS) is 12.7. The van der Waals surface area contributed by atoms with Crippen molar-refractivity contribution in [3.63, 3.8) is 0 Å². The molecule has 0 N–H and O–H groups in total. The number of Topliss-reactive ketones (excluding diaryl/α,β-unsaturated/α-hetero) is 1. The summed E-state index contributed by atoms with van der Waals surface area (Å²) in [7, 11) is 0. The van der Waals surface area contributed by atoms with Crippen LogP contribution in [0.25, 0.3) is 0 Å². The van der Waals surface area contributed by atoms with Crippen LogP contribution in [0.1, 0.15) is 44.2 Å². The molecule has 0 bridgehead atoms. The van der Waals surface area contributed by atoms with Crippen LogP contribution in [0.15, 0.2) is 12.4 Å². The first-order chi connectivity index (χ1) is 7.74. The van der Waals surface area contributed by atoms with Gasteiger partial charge >= 0.3 is 0 Å². The van der Waals surface area contributed by atoms with Gasteiger partial charge in [0.05, 0.1) is 0 Å². The third kappa shape index (κ3) is 2.92. The molecule has 4 nitrogen and oxygen atoms in total. The summed E-state index contributed by atoms with van der Waals surface area (Å²) in [5.41, 5.74) is 0. The quantitative estimate of drug-likeness (QED) is 0.667. The Labute approximate surface area is 96.6 Å². The number of aromatic nitrogens is 2. The number of ether oxygens (including phenoxy) is 1. The highest BCUT2D eigenvalue weighted by molar-refractivity contribution is 5.96. The van der Waals surface area contributed by atoms with Gasteiger partial charge in [0.15, 0.2) is 5.82 Å². The molecule has 0 saturated carbocycles. The molecule has 1 atom stereocenters. The van der Waals surface area contributed by atoms with E-state index in [0.29, 0.717) is 12.4 Å². The highest BCUT2D eigenvalue weighted by atomic mass is 16.5. The Kier molecular flexibility index (Phi) is 5.19. The molecule has 0 fully saturated rings. The number of ketones is 1. The number of carbonyl (C=O) groups excluding carboxylic acids is 1. The molecular formula is C12H20N2O2. The third-order valence-electron chi connectivity index (χ3n) is 2.49. The first-order valence-corrected chi connectivity index (χ1v) is 5.91. The first-order valence-electron chi connectivity index (χ1n) is 5.91. The van der Waals surface area contributed by atoms with Crippen molar-refractivity contribution in [2.45, 2.75) is 46.3 Å². The summed E-state index contributed by atoms with van der Waals surface area (Å²) in [6.07, 6.45) is 4.82. The van der Waals surface area contributed by atoms with Gasteiger partial charge in [-0.1, -0.05) is 13.3 Å². The van der Waals surface area contributed by atoms with Gasteiger partial charge in [0.1, 0.15) is 6.10 Å². The summed E-state index contributed by atoms with van der Waals surface area (Å²) in [5.74, 6) is 0.505. The lowest BCUT2D eigenvalue weighted by molar-refractivity contribution is 0.0410. The van der Waals surface area contributed by atoms with Crippen molar-refractivity contribution in [3.8, 4) is 0 Å². The average Bonchev–Trinajstić information content (AvgIpc) is 2.75. The Bertz CT molecular complexity index is 328. The summed E-state index contributed by atoms with van der Waals surface area (Å²) < 4.78 is 7.32. The highest BCUT2D eigenvalue weighted by Gasteiger charge is 2.23. The molecule has 0 aliphatic heterocycles. The van der Waals surface area contributed by atoms with Crippen molar-refractivity contribution in [2.24, 2.45) is 0 Å². The summed E-state index contributed by atoms with van der Waals surface area (Å²) >= 11 is 0. The minimum Gasteiger partial charge on any atom is -0.370 e. The molecule has 1 aromatic rings. The largest absolute Gasteiger partial charge is 0.370 e. The van der Waals surface area contributed by atoms with Crippen molar-refractivity contribution >= 4 is 5.78 Å². The summed E-state index contributed by atoms with van der Waals surface area (Å²) in [6.45, 7) is 7.26. The van der Waals surface area contributed by atoms with Crippen LogP contribution in [0.3, 0.4) is 0 Å². The van der Waals surface area contributed by atoms with Crippen LogP contribution in [0.5, 0.6) is 0 Å². The molecule has 4 heteroatoms. The number of imidazole rings is 1. The molecule has 1 unspecified atom stereocenters. The second-order valence-corrected chi connectivity index (χ2v) is 3.63. The Morgan fingerprint density at radius 2 is 2.25 bits per heavy atom. The average molecular weight is 224 g/mol. The van der Waals surface area contributed by atoms with Crippen molar-refractivity contribution in [1.29, 1.82) is 0 Å². The van der Waals surface area contributed by atoms with Crippen LogP contribution in [0.4, 0.5) is 0 Å². The van der Waals surface area contributed by atoms with E-state index >= 15 is 0 Å². The van der Waals surface area contributed by atoms with Crippen LogP contribution in [-0.2, 0) is 11.3 Å². The molecule has 0 spiro atoms. The molecule has 0 amide bonds. The van der Waals surface area contributed by atoms with Gasteiger partial charge in [-0.25, -0.2) is 4.98 Å². The SMILES string of the molecule is CCCC(OCC)C(=O)c1nccn1CC. The van der Waals surface area contributed by atoms with E-state index in [1.165, 1.54) is 0 Å². The number of aryl methyl sites for hydroxylation is 1. The van der Waals surface area contributed by atoms with E-state index in [0.717, 1.165) is 19.4 Å². The van der Waals surface area contributed by atoms with Gasteiger partial charge in [-0.15, -0.1) is 0 Å². The first kappa shape index (κ1) is 12.9. The summed E-state index contributed by atoms with van der Waals surface area (Å²) in [6, 6.07) is 0. The van der Waals surface area contributed by atoms with Gasteiger partial charge in [-0.05, 0) is 20.3 Å². The van der Waals surface area contributed by atoms with Crippen LogP contribution >= 0.6 is 0 Å². The minimum absolute atomic E-state index is 0.00412. The standard InChI is InChI=1S/C12H20N2O2/c1-4-7-10(16-6-3)11(15)12-13-8-9-14(12)5-2/h8-10H,4-7H2,1-3H3. The third-order valence-corrected chi connectivity index (χ3v) is 2.49. The predicted octanol–water partition coefficient (Wildman–Crippen LogP) is 2.29. The topological polar surface area (TPSA) is 44.1 Å². The lowest BCUT2D eigenvalue weighted by Gasteiger charge is -2.15. The molecule has 0 radical (unpaired) electrons. The highest BCUT2D eigenvalue weighted by Crippen LogP contribution is 2.10. The lowest BCUT2D eigenvalue weighted by atomic mass is 10.1. The number of carbonyl (C=O) groups is 1. The van der Waals surface area contributed by atoms with E-state index < -0.39 is 0 Å². The Morgan fingerprint density at radius 1 is 1.50 bits per heavy atom. The van der Waals surface area contributed by atoms with Gasteiger partial charge in [-0.3, -0.25) is 4.79 Å². The van der Waals surface area contributed by atoms with Gasteiger partial charge < -0.3 is 9.30 Å². The maximum Gasteiger partial charge on any atom is 0.226 e. The lowest BCUT2D eigenvalue weighted by Crippen LogP contribution is -2.27. The zero-order valence-corrected chi connectivity index (χ0v) is 10.3. The molecule has 0 aliphatic carbocycles. The second kappa shape index (κ2) is 6.43. The zero-order valence-electron chi connectivity index (χ0n) is 10.3. The smallest absolute Gasteiger partial charge is 0.226 e. The molecule has 1 aromatic heterocycles. The number of rotatable bonds is 7. The molecule has 0 saturated heterocycles. The Balaban J connectivity index is 2.81. The summed E-state index contributed by atoms with van der Waals surface area (Å²) in [5, 5.41) is 0. The van der Waals surface area contributed by atoms with Crippen molar-refractivity contribution in [2.75, 3.05) is 6.61 Å². The molecule has 1 heterocycles. The molecule has 1 rings (SSSR count). The van der Waals surface area contributed by atoms with E-state index in [-0.39, 0.29) is 11.9 Å². The molecular weight excluding hydrogens is 204 g/mol. The van der Waals surface area contributed by atoms with Gasteiger partial charge in [0.2, 0.25) is 5.78 Å². The fourth-order valence-electron chi connectivity index (χ4n) is 1.69. The maximum atomic E-state index is 12.2. The maximum absolute atomic E-state index is 12.2. The van der Waals surface area contributed by atoms with E-state index in [9.17, 15) is 4.79 Å². The van der Waals surface area contributed by atoms with Gasteiger partial charge in [0.25, 0.3) is 0 Å². The summed E-state index contributed by atoms with van der Waals surface area (Å²) in [4.78, 5) is 16.3. The molecule has 90 valence electrons. The van der Waals surface area contributed by atoms with Crippen molar-refractivity contribution in [1.82, 2.24) is 9.55 Å². The van der Waals surface area contributed by atoms with Gasteiger partial charge in [0, 0.05) is 25.5 Å². The fourth-order valence-corrected chi connectivity index (χ4v) is 1.69. The van der Waals surface area contributed by atoms with Crippen molar-refractivity contribution in [3.05, 3.63) is 18.2 Å². The second-order valence-electron chi connectivity index (χ2n) is 3.63. The van der Waals surface area contributed by atoms with Crippen LogP contribution in [0.2, 0.25) is 0 Å². The Hall–Kier alpha value is -1.16. The molecule has 0 aliphatic rings. The van der Waals surface area contributed by atoms with Crippen LogP contribution in [0, 0.1) is 0 Å². The molecule has 16 heavy (non-hydrogen) atoms. The zero-order chi connectivity index (χ0) is 12.0. The van der Waals surface area contributed by atoms with Crippen LogP contribution in [-0.4, -0.2) is 28.0 Å². The van der Waals surface area contributed by atoms with Crippen LogP contribution < -0.4 is 0 Å². The van der Waals surface area contributed by atoms with E-state index in [1.807, 2.05) is 31.5 Å². The van der Waals surface area contributed by atoms with Crippen molar-refractivity contribution < 1.29 is 9.53 Å². The molecule has 0 aromatic carbocycles. The number of hydrogen-bond donors (Lipinski definition) is 0.